The third-order valence-electron chi connectivity index (χ3n) is 3.93. The van der Waals surface area contributed by atoms with Crippen LogP contribution >= 0.6 is 0 Å². The van der Waals surface area contributed by atoms with Crippen LogP contribution < -0.4 is 11.1 Å². The smallest absolute Gasteiger partial charge is 0.326 e. The van der Waals surface area contributed by atoms with E-state index in [4.69, 9.17) is 5.73 Å². The Bertz CT molecular complexity index is 727. The molecule has 2 atom stereocenters. The van der Waals surface area contributed by atoms with Crippen molar-refractivity contribution in [3.8, 4) is 0 Å². The molecule has 24 heavy (non-hydrogen) atoms. The van der Waals surface area contributed by atoms with Crippen LogP contribution in [0, 0.1) is 5.92 Å². The number of carbonyl (C=O) groups excluding carboxylic acids is 1. The number of amides is 1. The first-order valence-electron chi connectivity index (χ1n) is 8.13. The molecule has 128 valence electrons. The highest BCUT2D eigenvalue weighted by Gasteiger charge is 2.24. The van der Waals surface area contributed by atoms with Gasteiger partial charge in [-0.2, -0.15) is 0 Å². The fourth-order valence-electron chi connectivity index (χ4n) is 2.70. The van der Waals surface area contributed by atoms with Crippen LogP contribution in [0.4, 0.5) is 0 Å². The normalized spacial score (nSPS) is 13.7. The highest BCUT2D eigenvalue weighted by Crippen LogP contribution is 2.17. The van der Waals surface area contributed by atoms with E-state index in [1.165, 1.54) is 0 Å². The molecule has 0 saturated heterocycles. The second-order valence-electron chi connectivity index (χ2n) is 6.52. The number of hydrogen-bond donors (Lipinski definition) is 3. The maximum absolute atomic E-state index is 12.1. The van der Waals surface area contributed by atoms with E-state index in [1.54, 1.807) is 0 Å². The standard InChI is InChI=1S/C19H24N2O3/c1-12(2)9-16(20)18(22)21-17(19(23)24)11-13-7-8-14-5-3-4-6-15(14)10-13/h3-8,10,12,16-17H,9,11,20H2,1-2H3,(H,21,22)(H,23,24)/t16-,17-/m0/s1. The Morgan fingerprint density at radius 1 is 1.12 bits per heavy atom. The summed E-state index contributed by atoms with van der Waals surface area (Å²) >= 11 is 0. The lowest BCUT2D eigenvalue weighted by Crippen LogP contribution is -2.49. The zero-order chi connectivity index (χ0) is 17.7. The minimum absolute atomic E-state index is 0.223. The number of aliphatic carboxylic acids is 1. The van der Waals surface area contributed by atoms with Crippen molar-refractivity contribution in [1.29, 1.82) is 0 Å². The lowest BCUT2D eigenvalue weighted by molar-refractivity contribution is -0.142. The van der Waals surface area contributed by atoms with E-state index in [0.29, 0.717) is 6.42 Å². The van der Waals surface area contributed by atoms with Crippen LogP contribution in [0.15, 0.2) is 42.5 Å². The molecule has 0 aliphatic heterocycles. The molecule has 0 saturated carbocycles. The zero-order valence-electron chi connectivity index (χ0n) is 14.0. The van der Waals surface area contributed by atoms with Gasteiger partial charge in [-0.1, -0.05) is 56.3 Å². The lowest BCUT2D eigenvalue weighted by Gasteiger charge is -2.19. The van der Waals surface area contributed by atoms with Gasteiger partial charge in [-0.3, -0.25) is 4.79 Å². The van der Waals surface area contributed by atoms with Gasteiger partial charge in [-0.15, -0.1) is 0 Å². The average Bonchev–Trinajstić information content (AvgIpc) is 2.53. The van der Waals surface area contributed by atoms with Gasteiger partial charge in [0.05, 0.1) is 6.04 Å². The minimum atomic E-state index is -1.06. The number of nitrogens with one attached hydrogen (secondary N) is 1. The molecule has 2 aromatic rings. The summed E-state index contributed by atoms with van der Waals surface area (Å²) in [4.78, 5) is 23.6. The molecule has 5 heteroatoms. The topological polar surface area (TPSA) is 92.4 Å². The molecule has 0 spiro atoms. The molecule has 0 bridgehead atoms. The predicted molar refractivity (Wildman–Crippen MR) is 94.6 cm³/mol. The Hall–Kier alpha value is -2.40. The van der Waals surface area contributed by atoms with Crippen LogP contribution in [0.1, 0.15) is 25.8 Å². The van der Waals surface area contributed by atoms with Gasteiger partial charge in [0.25, 0.3) is 0 Å². The van der Waals surface area contributed by atoms with Crippen LogP contribution in [0.3, 0.4) is 0 Å². The molecule has 2 rings (SSSR count). The number of carboxylic acid groups (broad SMARTS) is 1. The lowest BCUT2D eigenvalue weighted by atomic mass is 10.0. The number of carbonyl (C=O) groups is 2. The first-order chi connectivity index (χ1) is 11.4. The highest BCUT2D eigenvalue weighted by atomic mass is 16.4. The highest BCUT2D eigenvalue weighted by molar-refractivity contribution is 5.87. The fraction of sp³-hybridized carbons (Fsp3) is 0.368. The Labute approximate surface area is 141 Å². The van der Waals surface area contributed by atoms with Crippen molar-refractivity contribution in [2.75, 3.05) is 0 Å². The summed E-state index contributed by atoms with van der Waals surface area (Å²) in [6, 6.07) is 12.0. The maximum Gasteiger partial charge on any atom is 0.326 e. The van der Waals surface area contributed by atoms with E-state index < -0.39 is 24.0 Å². The SMILES string of the molecule is CC(C)C[C@H](N)C(=O)N[C@@H](Cc1ccc2ccccc2c1)C(=O)O. The summed E-state index contributed by atoms with van der Waals surface area (Å²) in [5.74, 6) is -1.21. The minimum Gasteiger partial charge on any atom is -0.480 e. The fourth-order valence-corrected chi connectivity index (χ4v) is 2.70. The van der Waals surface area contributed by atoms with Crippen LogP contribution in [0.2, 0.25) is 0 Å². The van der Waals surface area contributed by atoms with Crippen molar-refractivity contribution in [3.63, 3.8) is 0 Å². The molecule has 0 aliphatic carbocycles. The summed E-state index contributed by atoms with van der Waals surface area (Å²) in [5, 5.41) is 14.1. The van der Waals surface area contributed by atoms with Crippen molar-refractivity contribution < 1.29 is 14.7 Å². The largest absolute Gasteiger partial charge is 0.480 e. The van der Waals surface area contributed by atoms with Gasteiger partial charge in [0, 0.05) is 6.42 Å². The summed E-state index contributed by atoms with van der Waals surface area (Å²) in [5.41, 5.74) is 6.69. The number of hydrogen-bond acceptors (Lipinski definition) is 3. The molecule has 0 aromatic heterocycles. The second-order valence-corrected chi connectivity index (χ2v) is 6.52. The summed E-state index contributed by atoms with van der Waals surface area (Å²) in [6.45, 7) is 3.94. The third kappa shape index (κ3) is 4.80. The molecular weight excluding hydrogens is 304 g/mol. The van der Waals surface area contributed by atoms with Gasteiger partial charge in [0.15, 0.2) is 0 Å². The summed E-state index contributed by atoms with van der Waals surface area (Å²) < 4.78 is 0. The first kappa shape index (κ1) is 17.9. The number of rotatable bonds is 7. The Morgan fingerprint density at radius 2 is 1.79 bits per heavy atom. The maximum atomic E-state index is 12.1. The van der Waals surface area contributed by atoms with E-state index in [-0.39, 0.29) is 12.3 Å². The molecule has 0 radical (unpaired) electrons. The molecule has 0 fully saturated rings. The van der Waals surface area contributed by atoms with Gasteiger partial charge >= 0.3 is 5.97 Å². The van der Waals surface area contributed by atoms with E-state index >= 15 is 0 Å². The van der Waals surface area contributed by atoms with Crippen molar-refractivity contribution in [3.05, 3.63) is 48.0 Å². The zero-order valence-corrected chi connectivity index (χ0v) is 14.0. The van der Waals surface area contributed by atoms with Crippen LogP contribution in [-0.2, 0) is 16.0 Å². The predicted octanol–water partition coefficient (Wildman–Crippen LogP) is 2.33. The second kappa shape index (κ2) is 7.93. The molecule has 5 nitrogen and oxygen atoms in total. The molecule has 0 heterocycles. The van der Waals surface area contributed by atoms with Crippen LogP contribution in [0.25, 0.3) is 10.8 Å². The van der Waals surface area contributed by atoms with E-state index in [1.807, 2.05) is 56.3 Å². The van der Waals surface area contributed by atoms with Crippen molar-refractivity contribution in [2.24, 2.45) is 11.7 Å². The Balaban J connectivity index is 2.09. The third-order valence-corrected chi connectivity index (χ3v) is 3.93. The van der Waals surface area contributed by atoms with Gasteiger partial charge in [-0.05, 0) is 28.7 Å². The number of nitrogens with two attached hydrogens (primary N) is 1. The van der Waals surface area contributed by atoms with Crippen molar-refractivity contribution >= 4 is 22.6 Å². The molecule has 1 amide bonds. The van der Waals surface area contributed by atoms with Crippen molar-refractivity contribution in [1.82, 2.24) is 5.32 Å². The number of fused-ring (bicyclic) bond motifs is 1. The van der Waals surface area contributed by atoms with Crippen LogP contribution in [0.5, 0.6) is 0 Å². The quantitative estimate of drug-likeness (QED) is 0.727. The average molecular weight is 328 g/mol. The van der Waals surface area contributed by atoms with E-state index in [0.717, 1.165) is 16.3 Å². The van der Waals surface area contributed by atoms with E-state index in [9.17, 15) is 14.7 Å². The monoisotopic (exact) mass is 328 g/mol. The summed E-state index contributed by atoms with van der Waals surface area (Å²) in [7, 11) is 0. The molecule has 2 aromatic carbocycles. The molecule has 4 N–H and O–H groups in total. The molecule has 0 aliphatic rings. The van der Waals surface area contributed by atoms with Gasteiger partial charge in [0.1, 0.15) is 6.04 Å². The van der Waals surface area contributed by atoms with E-state index in [2.05, 4.69) is 5.32 Å². The van der Waals surface area contributed by atoms with Crippen LogP contribution in [-0.4, -0.2) is 29.1 Å². The van der Waals surface area contributed by atoms with Crippen molar-refractivity contribution in [2.45, 2.75) is 38.8 Å². The number of benzene rings is 2. The first-order valence-corrected chi connectivity index (χ1v) is 8.13. The Kier molecular flexibility index (Phi) is 5.93. The van der Waals surface area contributed by atoms with Gasteiger partial charge in [-0.25, -0.2) is 4.79 Å². The Morgan fingerprint density at radius 3 is 2.42 bits per heavy atom. The van der Waals surface area contributed by atoms with Gasteiger partial charge in [0.2, 0.25) is 5.91 Å². The molecular formula is C19H24N2O3. The van der Waals surface area contributed by atoms with Gasteiger partial charge < -0.3 is 16.2 Å². The summed E-state index contributed by atoms with van der Waals surface area (Å²) in [6.07, 6.45) is 0.744. The number of carboxylic acids is 1. The molecule has 0 unspecified atom stereocenters.